The maximum absolute atomic E-state index is 12.8. The molecule has 0 radical (unpaired) electrons. The van der Waals surface area contributed by atoms with E-state index >= 15 is 0 Å². The second kappa shape index (κ2) is 8.12. The lowest BCUT2D eigenvalue weighted by atomic mass is 10.1. The number of carbonyl (C=O) groups is 1. The molecule has 3 nitrogen and oxygen atoms in total. The number of benzene rings is 2. The molecule has 2 aromatic carbocycles. The van der Waals surface area contributed by atoms with Gasteiger partial charge in [-0.05, 0) is 42.7 Å². The fourth-order valence-corrected chi connectivity index (χ4v) is 2.52. The number of alkyl halides is 6. The number of hydrogen-bond acceptors (Lipinski definition) is 3. The van der Waals surface area contributed by atoms with Crippen molar-refractivity contribution in [3.8, 4) is 5.75 Å². The lowest BCUT2D eigenvalue weighted by Crippen LogP contribution is -2.20. The van der Waals surface area contributed by atoms with Crippen molar-refractivity contribution in [3.05, 3.63) is 53.6 Å². The Kier molecular flexibility index (Phi) is 6.30. The molecule has 146 valence electrons. The topological polar surface area (TPSA) is 38.3 Å². The summed E-state index contributed by atoms with van der Waals surface area (Å²) in [7, 11) is 0. The molecule has 27 heavy (non-hydrogen) atoms. The molecule has 1 amide bonds. The molecule has 0 aliphatic carbocycles. The third-order valence-corrected chi connectivity index (χ3v) is 4.01. The van der Waals surface area contributed by atoms with Crippen molar-refractivity contribution >= 4 is 23.4 Å². The molecule has 0 spiro atoms. The normalized spacial score (nSPS) is 12.0. The highest BCUT2D eigenvalue weighted by atomic mass is 32.2. The number of thioether (sulfide) groups is 1. The molecule has 0 saturated carbocycles. The first-order chi connectivity index (χ1) is 12.5. The minimum atomic E-state index is -4.99. The number of rotatable bonds is 5. The van der Waals surface area contributed by atoms with Crippen LogP contribution in [-0.4, -0.2) is 18.8 Å². The third kappa shape index (κ3) is 6.09. The van der Waals surface area contributed by atoms with Crippen LogP contribution in [0.15, 0.2) is 47.4 Å². The zero-order valence-corrected chi connectivity index (χ0v) is 14.6. The van der Waals surface area contributed by atoms with Crippen molar-refractivity contribution in [2.45, 2.75) is 17.2 Å². The molecule has 0 atom stereocenters. The fourth-order valence-electron chi connectivity index (χ4n) is 2.06. The molecule has 0 unspecified atom stereocenters. The van der Waals surface area contributed by atoms with E-state index in [4.69, 9.17) is 4.74 Å². The van der Waals surface area contributed by atoms with Crippen LogP contribution < -0.4 is 10.1 Å². The Morgan fingerprint density at radius 2 is 1.59 bits per heavy atom. The van der Waals surface area contributed by atoms with Gasteiger partial charge in [-0.3, -0.25) is 4.79 Å². The largest absolute Gasteiger partial charge is 0.484 e. The summed E-state index contributed by atoms with van der Waals surface area (Å²) in [6.07, 6.45) is -8.14. The monoisotopic (exact) mass is 409 g/mol. The highest BCUT2D eigenvalue weighted by Gasteiger charge is 2.37. The van der Waals surface area contributed by atoms with Gasteiger partial charge in [-0.1, -0.05) is 6.07 Å². The zero-order valence-electron chi connectivity index (χ0n) is 13.7. The van der Waals surface area contributed by atoms with E-state index in [0.717, 1.165) is 4.90 Å². The van der Waals surface area contributed by atoms with Gasteiger partial charge in [0.15, 0.2) is 6.61 Å². The third-order valence-electron chi connectivity index (χ3n) is 3.28. The Morgan fingerprint density at radius 1 is 1.00 bits per heavy atom. The lowest BCUT2D eigenvalue weighted by molar-refractivity contribution is -0.143. The maximum Gasteiger partial charge on any atom is 0.416 e. The Labute approximate surface area is 154 Å². The van der Waals surface area contributed by atoms with Crippen LogP contribution in [0, 0.1) is 0 Å². The van der Waals surface area contributed by atoms with E-state index in [0.29, 0.717) is 17.8 Å². The van der Waals surface area contributed by atoms with Gasteiger partial charge < -0.3 is 10.1 Å². The second-order valence-corrected chi connectivity index (χ2v) is 6.19. The molecule has 1 N–H and O–H groups in total. The summed E-state index contributed by atoms with van der Waals surface area (Å²) in [5.41, 5.74) is -2.60. The number of halogens is 6. The van der Waals surface area contributed by atoms with E-state index in [1.54, 1.807) is 24.3 Å². The van der Waals surface area contributed by atoms with Crippen molar-refractivity contribution in [2.75, 3.05) is 18.2 Å². The van der Waals surface area contributed by atoms with E-state index in [1.165, 1.54) is 11.8 Å². The average Bonchev–Trinajstić information content (AvgIpc) is 2.58. The Balaban J connectivity index is 2.13. The maximum atomic E-state index is 12.8. The number of hydrogen-bond donors (Lipinski definition) is 1. The quantitative estimate of drug-likeness (QED) is 0.526. The van der Waals surface area contributed by atoms with Crippen LogP contribution in [0.4, 0.5) is 32.0 Å². The summed E-state index contributed by atoms with van der Waals surface area (Å²) in [6, 6.07) is 7.55. The summed E-state index contributed by atoms with van der Waals surface area (Å²) in [5, 5.41) is 2.45. The summed E-state index contributed by atoms with van der Waals surface area (Å²) >= 11 is 1.43. The highest BCUT2D eigenvalue weighted by Crippen LogP contribution is 2.38. The summed E-state index contributed by atoms with van der Waals surface area (Å²) in [6.45, 7) is -0.748. The van der Waals surface area contributed by atoms with Crippen LogP contribution in [-0.2, 0) is 17.1 Å². The Hall–Kier alpha value is -2.36. The minimum Gasteiger partial charge on any atom is -0.484 e. The van der Waals surface area contributed by atoms with Gasteiger partial charge >= 0.3 is 12.4 Å². The van der Waals surface area contributed by atoms with E-state index in [9.17, 15) is 31.1 Å². The van der Waals surface area contributed by atoms with E-state index in [1.807, 2.05) is 6.26 Å². The van der Waals surface area contributed by atoms with Crippen LogP contribution in [0.5, 0.6) is 5.75 Å². The number of carbonyl (C=O) groups excluding carboxylic acids is 1. The highest BCUT2D eigenvalue weighted by molar-refractivity contribution is 7.98. The van der Waals surface area contributed by atoms with Crippen molar-refractivity contribution in [2.24, 2.45) is 0 Å². The van der Waals surface area contributed by atoms with Gasteiger partial charge in [-0.2, -0.15) is 26.3 Å². The lowest BCUT2D eigenvalue weighted by Gasteiger charge is -2.15. The molecule has 0 fully saturated rings. The Morgan fingerprint density at radius 3 is 2.11 bits per heavy atom. The van der Waals surface area contributed by atoms with Crippen LogP contribution in [0.25, 0.3) is 0 Å². The summed E-state index contributed by atoms with van der Waals surface area (Å²) < 4.78 is 81.6. The zero-order chi connectivity index (χ0) is 20.2. The summed E-state index contributed by atoms with van der Waals surface area (Å²) in [4.78, 5) is 12.7. The number of anilines is 1. The molecule has 0 bridgehead atoms. The Bertz CT molecular complexity index is 788. The average molecular weight is 409 g/mol. The van der Waals surface area contributed by atoms with Crippen LogP contribution in [0.2, 0.25) is 0 Å². The number of nitrogens with one attached hydrogen (secondary N) is 1. The first-order valence-electron chi connectivity index (χ1n) is 7.35. The number of ether oxygens (including phenoxy) is 1. The molecule has 0 heterocycles. The second-order valence-electron chi connectivity index (χ2n) is 5.31. The predicted molar refractivity (Wildman–Crippen MR) is 88.8 cm³/mol. The molecule has 0 aromatic heterocycles. The van der Waals surface area contributed by atoms with Crippen LogP contribution in [0.3, 0.4) is 0 Å². The first-order valence-corrected chi connectivity index (χ1v) is 8.57. The first kappa shape index (κ1) is 20.9. The summed E-state index contributed by atoms with van der Waals surface area (Å²) in [5.74, 6) is -1.43. The molecule has 10 heteroatoms. The van der Waals surface area contributed by atoms with Gasteiger partial charge in [0.05, 0.1) is 11.1 Å². The van der Waals surface area contributed by atoms with Crippen LogP contribution >= 0.6 is 11.8 Å². The molecule has 0 saturated heterocycles. The smallest absolute Gasteiger partial charge is 0.416 e. The van der Waals surface area contributed by atoms with Crippen molar-refractivity contribution in [1.29, 1.82) is 0 Å². The van der Waals surface area contributed by atoms with E-state index < -0.39 is 41.7 Å². The molecule has 0 aliphatic heterocycles. The standard InChI is InChI=1S/C17H13F6NO2S/c1-27-14-4-2-3-12(8-14)24-15(25)9-26-13-6-10(16(18,19)20)5-11(7-13)17(21,22)23/h2-8H,9H2,1H3,(H,24,25). The van der Waals surface area contributed by atoms with Gasteiger partial charge in [0, 0.05) is 10.6 Å². The molecular weight excluding hydrogens is 396 g/mol. The molecule has 0 aliphatic rings. The van der Waals surface area contributed by atoms with E-state index in [-0.39, 0.29) is 6.07 Å². The van der Waals surface area contributed by atoms with Gasteiger partial charge in [0.2, 0.25) is 0 Å². The molecule has 2 aromatic rings. The number of amides is 1. The van der Waals surface area contributed by atoms with Gasteiger partial charge in [-0.15, -0.1) is 11.8 Å². The predicted octanol–water partition coefficient (Wildman–Crippen LogP) is 5.46. The van der Waals surface area contributed by atoms with Gasteiger partial charge in [0.1, 0.15) is 5.75 Å². The van der Waals surface area contributed by atoms with E-state index in [2.05, 4.69) is 5.32 Å². The van der Waals surface area contributed by atoms with Crippen molar-refractivity contribution in [3.63, 3.8) is 0 Å². The van der Waals surface area contributed by atoms with Gasteiger partial charge in [0.25, 0.3) is 5.91 Å². The van der Waals surface area contributed by atoms with Crippen LogP contribution in [0.1, 0.15) is 11.1 Å². The molecular formula is C17H13F6NO2S. The SMILES string of the molecule is CSc1cccc(NC(=O)COc2cc(C(F)(F)F)cc(C(F)(F)F)c2)c1. The van der Waals surface area contributed by atoms with Crippen molar-refractivity contribution in [1.82, 2.24) is 0 Å². The fraction of sp³-hybridized carbons (Fsp3) is 0.235. The minimum absolute atomic E-state index is 0.0131. The van der Waals surface area contributed by atoms with Crippen molar-refractivity contribution < 1.29 is 35.9 Å². The molecule has 2 rings (SSSR count). The van der Waals surface area contributed by atoms with Gasteiger partial charge in [-0.25, -0.2) is 0 Å².